The van der Waals surface area contributed by atoms with Crippen molar-refractivity contribution in [1.82, 2.24) is 9.97 Å². The molecule has 3 aromatic rings. The maximum atomic E-state index is 12.9. The minimum Gasteiger partial charge on any atom is -0.355 e. The normalized spacial score (nSPS) is 11.8. The van der Waals surface area contributed by atoms with Gasteiger partial charge in [0.25, 0.3) is 0 Å². The molecular formula is C24H19F3N6O3S. The fourth-order valence-electron chi connectivity index (χ4n) is 3.19. The molecule has 0 amide bonds. The number of hydrogen-bond donors (Lipinski definition) is 2. The van der Waals surface area contributed by atoms with Crippen LogP contribution in [0, 0.1) is 36.5 Å². The van der Waals surface area contributed by atoms with Crippen LogP contribution in [0.15, 0.2) is 48.0 Å². The molecule has 2 aromatic carbocycles. The molecule has 3 rings (SSSR count). The number of nitriles is 2. The smallest absolute Gasteiger partial charge is 0.355 e. The van der Waals surface area contributed by atoms with Crippen molar-refractivity contribution >= 4 is 39.3 Å². The van der Waals surface area contributed by atoms with Crippen LogP contribution in [0.3, 0.4) is 0 Å². The highest BCUT2D eigenvalue weighted by molar-refractivity contribution is 7.87. The highest BCUT2D eigenvalue weighted by atomic mass is 32.2. The van der Waals surface area contributed by atoms with Gasteiger partial charge < -0.3 is 14.8 Å². The van der Waals surface area contributed by atoms with Gasteiger partial charge in [-0.05, 0) is 79.9 Å². The summed E-state index contributed by atoms with van der Waals surface area (Å²) in [5.41, 5.74) is -1.63. The highest BCUT2D eigenvalue weighted by Gasteiger charge is 2.49. The first-order valence-electron chi connectivity index (χ1n) is 10.4. The molecule has 0 atom stereocenters. The SMILES string of the molecule is C/C(C#N)=C\c1cc(C)c(Nc2cc(OS(=O)(=O)C(F)(F)F)nc(Nc3ccc(C#N)cc3)n2)c(C)c1. The molecule has 2 N–H and O–H groups in total. The zero-order chi connectivity index (χ0) is 27.4. The molecule has 13 heteroatoms. The van der Waals surface area contributed by atoms with Crippen LogP contribution in [0.25, 0.3) is 6.08 Å². The van der Waals surface area contributed by atoms with Crippen LogP contribution in [0.1, 0.15) is 29.2 Å². The van der Waals surface area contributed by atoms with E-state index in [0.717, 1.165) is 22.8 Å². The number of allylic oxidation sites excluding steroid dienone is 1. The maximum Gasteiger partial charge on any atom is 0.534 e. The van der Waals surface area contributed by atoms with E-state index in [4.69, 9.17) is 10.5 Å². The molecular weight excluding hydrogens is 509 g/mol. The third-order valence-electron chi connectivity index (χ3n) is 4.82. The number of anilines is 4. The van der Waals surface area contributed by atoms with E-state index in [1.807, 2.05) is 12.1 Å². The van der Waals surface area contributed by atoms with Crippen LogP contribution in [0.5, 0.6) is 5.88 Å². The van der Waals surface area contributed by atoms with E-state index in [1.165, 1.54) is 24.3 Å². The van der Waals surface area contributed by atoms with Crippen molar-refractivity contribution in [2.45, 2.75) is 26.3 Å². The zero-order valence-electron chi connectivity index (χ0n) is 19.7. The van der Waals surface area contributed by atoms with Crippen molar-refractivity contribution in [3.8, 4) is 18.0 Å². The molecule has 0 radical (unpaired) electrons. The quantitative estimate of drug-likeness (QED) is 0.227. The van der Waals surface area contributed by atoms with Gasteiger partial charge in [-0.15, -0.1) is 0 Å². The van der Waals surface area contributed by atoms with E-state index in [9.17, 15) is 21.6 Å². The lowest BCUT2D eigenvalue weighted by Gasteiger charge is -2.16. The number of nitrogens with one attached hydrogen (secondary N) is 2. The zero-order valence-corrected chi connectivity index (χ0v) is 20.5. The van der Waals surface area contributed by atoms with Gasteiger partial charge in [0.15, 0.2) is 0 Å². The second kappa shape index (κ2) is 10.6. The van der Waals surface area contributed by atoms with Gasteiger partial charge in [0, 0.05) is 23.0 Å². The molecule has 190 valence electrons. The van der Waals surface area contributed by atoms with Gasteiger partial charge >= 0.3 is 15.6 Å². The van der Waals surface area contributed by atoms with E-state index < -0.39 is 21.5 Å². The van der Waals surface area contributed by atoms with Crippen LogP contribution >= 0.6 is 0 Å². The fourth-order valence-corrected chi connectivity index (χ4v) is 3.60. The standard InChI is InChI=1S/C24H19F3N6O3S/c1-14(12-28)8-18-9-15(2)22(16(3)10-18)31-20-11-21(36-37(34,35)24(25,26)27)33-23(32-20)30-19-6-4-17(13-29)5-7-19/h4-11H,1-3H3,(H2,30,31,32,33)/b14-8+. The minimum atomic E-state index is -5.99. The van der Waals surface area contributed by atoms with Gasteiger partial charge in [0.05, 0.1) is 17.7 Å². The van der Waals surface area contributed by atoms with Crippen LogP contribution in [-0.2, 0) is 10.1 Å². The van der Waals surface area contributed by atoms with Crippen molar-refractivity contribution in [3.05, 3.63) is 70.3 Å². The largest absolute Gasteiger partial charge is 0.534 e. The third kappa shape index (κ3) is 6.74. The molecule has 0 aliphatic rings. The molecule has 0 spiro atoms. The Kier molecular flexibility index (Phi) is 7.70. The number of benzene rings is 2. The number of halogens is 3. The fraction of sp³-hybridized carbons (Fsp3) is 0.167. The first-order valence-corrected chi connectivity index (χ1v) is 11.9. The Morgan fingerprint density at radius 3 is 2.19 bits per heavy atom. The summed E-state index contributed by atoms with van der Waals surface area (Å²) in [4.78, 5) is 7.96. The Labute approximate surface area is 211 Å². The lowest BCUT2D eigenvalue weighted by atomic mass is 10.0. The number of nitrogens with zero attached hydrogens (tertiary/aromatic N) is 4. The summed E-state index contributed by atoms with van der Waals surface area (Å²) >= 11 is 0. The number of hydrogen-bond acceptors (Lipinski definition) is 9. The average molecular weight is 529 g/mol. The van der Waals surface area contributed by atoms with Gasteiger partial charge in [-0.2, -0.15) is 42.1 Å². The van der Waals surface area contributed by atoms with Crippen LogP contribution in [0.4, 0.5) is 36.3 Å². The summed E-state index contributed by atoms with van der Waals surface area (Å²) in [7, 11) is -5.99. The van der Waals surface area contributed by atoms with Gasteiger partial charge in [-0.25, -0.2) is 0 Å². The Balaban J connectivity index is 2.03. The predicted molar refractivity (Wildman–Crippen MR) is 131 cm³/mol. The molecule has 37 heavy (non-hydrogen) atoms. The highest BCUT2D eigenvalue weighted by Crippen LogP contribution is 2.31. The summed E-state index contributed by atoms with van der Waals surface area (Å²) in [6.45, 7) is 5.21. The lowest BCUT2D eigenvalue weighted by Crippen LogP contribution is -2.28. The number of alkyl halides is 3. The minimum absolute atomic E-state index is 0.0544. The average Bonchev–Trinajstić information content (AvgIpc) is 2.80. The van der Waals surface area contributed by atoms with Crippen LogP contribution < -0.4 is 14.8 Å². The Hall–Kier alpha value is -4.62. The second-order valence-electron chi connectivity index (χ2n) is 7.81. The molecule has 0 aliphatic carbocycles. The second-order valence-corrected chi connectivity index (χ2v) is 9.34. The predicted octanol–water partition coefficient (Wildman–Crippen LogP) is 5.61. The number of aromatic nitrogens is 2. The molecule has 1 aromatic heterocycles. The molecule has 0 aliphatic heterocycles. The maximum absolute atomic E-state index is 12.9. The molecule has 0 saturated carbocycles. The van der Waals surface area contributed by atoms with E-state index in [-0.39, 0.29) is 11.8 Å². The summed E-state index contributed by atoms with van der Waals surface area (Å²) in [6, 6.07) is 14.5. The van der Waals surface area contributed by atoms with E-state index in [0.29, 0.717) is 22.5 Å². The van der Waals surface area contributed by atoms with Crippen molar-refractivity contribution in [3.63, 3.8) is 0 Å². The molecule has 0 fully saturated rings. The summed E-state index contributed by atoms with van der Waals surface area (Å²) in [5.74, 6) is -1.19. The molecule has 1 heterocycles. The summed E-state index contributed by atoms with van der Waals surface area (Å²) in [5, 5.41) is 23.7. The first-order chi connectivity index (χ1) is 17.3. The van der Waals surface area contributed by atoms with Gasteiger partial charge in [-0.3, -0.25) is 0 Å². The van der Waals surface area contributed by atoms with E-state index >= 15 is 0 Å². The molecule has 0 saturated heterocycles. The Morgan fingerprint density at radius 2 is 1.65 bits per heavy atom. The molecule has 0 bridgehead atoms. The van der Waals surface area contributed by atoms with Crippen molar-refractivity contribution in [2.75, 3.05) is 10.6 Å². The molecule has 0 unspecified atom stereocenters. The topological polar surface area (TPSA) is 141 Å². The van der Waals surface area contributed by atoms with Crippen molar-refractivity contribution in [1.29, 1.82) is 10.5 Å². The van der Waals surface area contributed by atoms with Gasteiger partial charge in [0.1, 0.15) is 5.82 Å². The number of rotatable bonds is 7. The van der Waals surface area contributed by atoms with Gasteiger partial charge in [0.2, 0.25) is 11.8 Å². The summed E-state index contributed by atoms with van der Waals surface area (Å²) < 4.78 is 66.1. The number of aryl methyl sites for hydroxylation is 2. The van der Waals surface area contributed by atoms with Crippen molar-refractivity contribution < 1.29 is 25.8 Å². The third-order valence-corrected chi connectivity index (χ3v) is 5.78. The van der Waals surface area contributed by atoms with Crippen LogP contribution in [-0.4, -0.2) is 23.9 Å². The van der Waals surface area contributed by atoms with E-state index in [1.54, 1.807) is 39.0 Å². The Bertz CT molecular complexity index is 1530. The van der Waals surface area contributed by atoms with Crippen LogP contribution in [0.2, 0.25) is 0 Å². The van der Waals surface area contributed by atoms with Gasteiger partial charge in [-0.1, -0.05) is 0 Å². The Morgan fingerprint density at radius 1 is 1.03 bits per heavy atom. The first kappa shape index (κ1) is 27.0. The van der Waals surface area contributed by atoms with Crippen molar-refractivity contribution in [2.24, 2.45) is 0 Å². The summed E-state index contributed by atoms with van der Waals surface area (Å²) in [6.07, 6.45) is 1.70. The molecule has 9 nitrogen and oxygen atoms in total. The monoisotopic (exact) mass is 528 g/mol. The lowest BCUT2D eigenvalue weighted by molar-refractivity contribution is -0.0501. The van der Waals surface area contributed by atoms with E-state index in [2.05, 4.69) is 24.8 Å².